The summed E-state index contributed by atoms with van der Waals surface area (Å²) in [5, 5.41) is -0.0477. The summed E-state index contributed by atoms with van der Waals surface area (Å²) in [5.74, 6) is -3.20. The van der Waals surface area contributed by atoms with Gasteiger partial charge in [0.1, 0.15) is 26.4 Å². The van der Waals surface area contributed by atoms with Crippen molar-refractivity contribution in [2.45, 2.75) is 0 Å². The highest BCUT2D eigenvalue weighted by Gasteiger charge is 2.27. The van der Waals surface area contributed by atoms with E-state index in [1.807, 2.05) is 0 Å². The number of fused-ring (bicyclic) bond motifs is 1. The van der Waals surface area contributed by atoms with Gasteiger partial charge in [0.15, 0.2) is 0 Å². The van der Waals surface area contributed by atoms with Crippen molar-refractivity contribution >= 4 is 34.6 Å². The van der Waals surface area contributed by atoms with Crippen molar-refractivity contribution in [1.82, 2.24) is 0 Å². The van der Waals surface area contributed by atoms with Crippen molar-refractivity contribution in [2.24, 2.45) is 0 Å². The molecule has 8 heteroatoms. The average molecular weight is 464 g/mol. The van der Waals surface area contributed by atoms with E-state index < -0.39 is 23.9 Å². The van der Waals surface area contributed by atoms with E-state index in [1.54, 1.807) is 0 Å². The number of benzene rings is 2. The first-order chi connectivity index (χ1) is 16.4. The molecule has 0 fully saturated rings. The molecule has 0 bridgehead atoms. The quantitative estimate of drug-likeness (QED) is 0.261. The van der Waals surface area contributed by atoms with Gasteiger partial charge in [-0.2, -0.15) is 0 Å². The van der Waals surface area contributed by atoms with Crippen LogP contribution < -0.4 is 0 Å². The number of carbonyl (C=O) groups is 4. The van der Waals surface area contributed by atoms with E-state index in [4.69, 9.17) is 18.9 Å². The number of carbonyl (C=O) groups excluding carboxylic acids is 4. The Kier molecular flexibility index (Phi) is 9.52. The van der Waals surface area contributed by atoms with Gasteiger partial charge in [-0.15, -0.1) is 0 Å². The fraction of sp³-hybridized carbons (Fsp3) is 0.154. The van der Waals surface area contributed by atoms with E-state index in [-0.39, 0.29) is 59.5 Å². The fourth-order valence-electron chi connectivity index (χ4n) is 3.03. The molecule has 0 N–H and O–H groups in total. The van der Waals surface area contributed by atoms with Crippen LogP contribution in [0.2, 0.25) is 0 Å². The molecule has 0 saturated heterocycles. The second kappa shape index (κ2) is 12.5. The zero-order valence-electron chi connectivity index (χ0n) is 18.5. The Morgan fingerprint density at radius 3 is 0.882 bits per heavy atom. The number of ether oxygens (including phenoxy) is 4. The Morgan fingerprint density at radius 1 is 0.500 bits per heavy atom. The number of rotatable bonds is 12. The molecule has 0 aliphatic carbocycles. The maximum absolute atomic E-state index is 12.8. The van der Waals surface area contributed by atoms with Gasteiger partial charge in [-0.1, -0.05) is 50.6 Å². The topological polar surface area (TPSA) is 105 Å². The fourth-order valence-corrected chi connectivity index (χ4v) is 3.03. The molecule has 2 aromatic carbocycles. The standard InChI is InChI=1S/C26H24O8/c1-5-13-31-23(27)17-9-10-19(25(29)33-15-7-3)22-20(26(30)34-16-8-4)12-11-18(21(17)22)24(28)32-14-6-2/h5-12H,1-4,13-16H2. The highest BCUT2D eigenvalue weighted by atomic mass is 16.5. The van der Waals surface area contributed by atoms with Crippen LogP contribution in [-0.4, -0.2) is 50.3 Å². The van der Waals surface area contributed by atoms with Crippen molar-refractivity contribution in [2.75, 3.05) is 26.4 Å². The SMILES string of the molecule is C=CCOC(=O)c1ccc(C(=O)OCC=C)c2c(C(=O)OCC=C)ccc(C(=O)OCC=C)c12. The average Bonchev–Trinajstić information content (AvgIpc) is 2.85. The summed E-state index contributed by atoms with van der Waals surface area (Å²) in [7, 11) is 0. The third-order valence-electron chi connectivity index (χ3n) is 4.37. The minimum Gasteiger partial charge on any atom is -0.458 e. The second-order valence-corrected chi connectivity index (χ2v) is 6.62. The first kappa shape index (κ1) is 25.8. The zero-order chi connectivity index (χ0) is 25.1. The maximum Gasteiger partial charge on any atom is 0.339 e. The van der Waals surface area contributed by atoms with Gasteiger partial charge in [-0.3, -0.25) is 0 Å². The Labute approximate surface area is 196 Å². The molecular formula is C26H24O8. The monoisotopic (exact) mass is 464 g/mol. The van der Waals surface area contributed by atoms with Gasteiger partial charge in [0.05, 0.1) is 22.3 Å². The number of esters is 4. The number of hydrogen-bond donors (Lipinski definition) is 0. The molecule has 34 heavy (non-hydrogen) atoms. The Morgan fingerprint density at radius 2 is 0.706 bits per heavy atom. The molecule has 2 aromatic rings. The number of hydrogen-bond acceptors (Lipinski definition) is 8. The minimum atomic E-state index is -0.801. The summed E-state index contributed by atoms with van der Waals surface area (Å²) in [6.07, 6.45) is 5.49. The first-order valence-electron chi connectivity index (χ1n) is 10.1. The summed E-state index contributed by atoms with van der Waals surface area (Å²) >= 11 is 0. The van der Waals surface area contributed by atoms with E-state index in [0.717, 1.165) is 0 Å². The predicted molar refractivity (Wildman–Crippen MR) is 126 cm³/mol. The second-order valence-electron chi connectivity index (χ2n) is 6.62. The van der Waals surface area contributed by atoms with Crippen LogP contribution in [0, 0.1) is 0 Å². The van der Waals surface area contributed by atoms with Crippen molar-refractivity contribution in [1.29, 1.82) is 0 Å². The van der Waals surface area contributed by atoms with Crippen LogP contribution in [0.5, 0.6) is 0 Å². The van der Waals surface area contributed by atoms with Gasteiger partial charge in [0, 0.05) is 10.8 Å². The molecule has 0 aliphatic heterocycles. The molecule has 176 valence electrons. The molecule has 0 radical (unpaired) electrons. The molecule has 0 spiro atoms. The lowest BCUT2D eigenvalue weighted by Crippen LogP contribution is -2.16. The van der Waals surface area contributed by atoms with Crippen LogP contribution in [0.25, 0.3) is 10.8 Å². The molecule has 0 heterocycles. The summed E-state index contributed by atoms with van der Waals surface area (Å²) in [5.41, 5.74) is -0.274. The Hall–Kier alpha value is -4.46. The molecule has 0 amide bonds. The molecule has 0 atom stereocenters. The van der Waals surface area contributed by atoms with Gasteiger partial charge in [0.2, 0.25) is 0 Å². The normalized spacial score (nSPS) is 10.0. The first-order valence-corrected chi connectivity index (χ1v) is 10.1. The molecular weight excluding hydrogens is 440 g/mol. The van der Waals surface area contributed by atoms with E-state index >= 15 is 0 Å². The largest absolute Gasteiger partial charge is 0.458 e. The van der Waals surface area contributed by atoms with Gasteiger partial charge in [0.25, 0.3) is 0 Å². The van der Waals surface area contributed by atoms with Crippen LogP contribution in [-0.2, 0) is 18.9 Å². The highest BCUT2D eigenvalue weighted by molar-refractivity contribution is 6.22. The van der Waals surface area contributed by atoms with Crippen molar-refractivity contribution in [3.05, 3.63) is 97.1 Å². The zero-order valence-corrected chi connectivity index (χ0v) is 18.5. The van der Waals surface area contributed by atoms with Gasteiger partial charge >= 0.3 is 23.9 Å². The van der Waals surface area contributed by atoms with Crippen LogP contribution in [0.3, 0.4) is 0 Å². The molecule has 0 unspecified atom stereocenters. The predicted octanol–water partition coefficient (Wildman–Crippen LogP) is 4.21. The summed E-state index contributed by atoms with van der Waals surface area (Å²) < 4.78 is 20.6. The van der Waals surface area contributed by atoms with E-state index in [9.17, 15) is 19.2 Å². The Balaban J connectivity index is 2.92. The van der Waals surface area contributed by atoms with Crippen LogP contribution >= 0.6 is 0 Å². The van der Waals surface area contributed by atoms with Crippen LogP contribution in [0.1, 0.15) is 41.4 Å². The van der Waals surface area contributed by atoms with Crippen LogP contribution in [0.4, 0.5) is 0 Å². The highest BCUT2D eigenvalue weighted by Crippen LogP contribution is 2.32. The van der Waals surface area contributed by atoms with E-state index in [2.05, 4.69) is 26.3 Å². The van der Waals surface area contributed by atoms with Crippen molar-refractivity contribution in [3.8, 4) is 0 Å². The lowest BCUT2D eigenvalue weighted by atomic mass is 9.91. The lowest BCUT2D eigenvalue weighted by Gasteiger charge is -2.16. The molecule has 2 rings (SSSR count). The van der Waals surface area contributed by atoms with Crippen molar-refractivity contribution < 1.29 is 38.1 Å². The van der Waals surface area contributed by atoms with Gasteiger partial charge in [-0.05, 0) is 24.3 Å². The maximum atomic E-state index is 12.8. The summed E-state index contributed by atoms with van der Waals surface area (Å²) in [6.45, 7) is 13.6. The minimum absolute atomic E-state index is 0.0239. The van der Waals surface area contributed by atoms with Gasteiger partial charge < -0.3 is 18.9 Å². The third-order valence-corrected chi connectivity index (χ3v) is 4.37. The molecule has 0 aromatic heterocycles. The molecule has 0 saturated carbocycles. The van der Waals surface area contributed by atoms with Crippen LogP contribution in [0.15, 0.2) is 74.9 Å². The lowest BCUT2D eigenvalue weighted by molar-refractivity contribution is 0.0529. The summed E-state index contributed by atoms with van der Waals surface area (Å²) in [6, 6.07) is 5.23. The van der Waals surface area contributed by atoms with Gasteiger partial charge in [-0.25, -0.2) is 19.2 Å². The van der Waals surface area contributed by atoms with Crippen molar-refractivity contribution in [3.63, 3.8) is 0 Å². The molecule has 0 aliphatic rings. The smallest absolute Gasteiger partial charge is 0.339 e. The van der Waals surface area contributed by atoms with E-state index in [0.29, 0.717) is 0 Å². The van der Waals surface area contributed by atoms with E-state index in [1.165, 1.54) is 48.6 Å². The molecule has 8 nitrogen and oxygen atoms in total. The Bertz CT molecular complexity index is 982. The summed E-state index contributed by atoms with van der Waals surface area (Å²) in [4.78, 5) is 51.3. The third kappa shape index (κ3) is 5.86.